The fourth-order valence-corrected chi connectivity index (χ4v) is 7.63. The van der Waals surface area contributed by atoms with Crippen molar-refractivity contribution in [3.63, 3.8) is 0 Å². The minimum absolute atomic E-state index is 0.195. The van der Waals surface area contributed by atoms with Gasteiger partial charge >= 0.3 is 0 Å². The van der Waals surface area contributed by atoms with Gasteiger partial charge in [0.15, 0.2) is 0 Å². The van der Waals surface area contributed by atoms with Crippen molar-refractivity contribution in [2.45, 2.75) is 77.4 Å². The van der Waals surface area contributed by atoms with Gasteiger partial charge in [-0.1, -0.05) is 31.6 Å². The molecular weight excluding hydrogens is 322 g/mol. The fraction of sp³-hybridized carbons (Fsp3) is 0.826. The van der Waals surface area contributed by atoms with E-state index in [1.807, 2.05) is 0 Å². The van der Waals surface area contributed by atoms with Gasteiger partial charge in [0, 0.05) is 24.2 Å². The number of aliphatic hydroxyl groups is 2. The van der Waals surface area contributed by atoms with Crippen LogP contribution in [0.4, 0.5) is 0 Å². The first-order valence-electron chi connectivity index (χ1n) is 11.0. The zero-order chi connectivity index (χ0) is 18.1. The number of fused-ring (bicyclic) bond motifs is 5. The summed E-state index contributed by atoms with van der Waals surface area (Å²) in [6, 6.07) is 0. The molecule has 2 saturated carbocycles. The van der Waals surface area contributed by atoms with Crippen molar-refractivity contribution in [1.82, 2.24) is 4.90 Å². The second kappa shape index (κ2) is 5.85. The SMILES string of the molecule is C[C@]12CCC(O)CC1=CC(O)[C@@H]1[C@H]2CC[C@]2(C)C(N3CCCC3)=CC[C@@H]12. The lowest BCUT2D eigenvalue weighted by Gasteiger charge is -2.59. The molecule has 0 bridgehead atoms. The zero-order valence-corrected chi connectivity index (χ0v) is 16.5. The summed E-state index contributed by atoms with van der Waals surface area (Å²) in [7, 11) is 0. The van der Waals surface area contributed by atoms with E-state index in [2.05, 4.69) is 30.9 Å². The van der Waals surface area contributed by atoms with Crippen molar-refractivity contribution in [2.24, 2.45) is 28.6 Å². The molecule has 2 N–H and O–H groups in total. The molecule has 3 heteroatoms. The second-order valence-electron chi connectivity index (χ2n) is 10.3. The van der Waals surface area contributed by atoms with Crippen LogP contribution >= 0.6 is 0 Å². The lowest BCUT2D eigenvalue weighted by molar-refractivity contribution is -0.0815. The highest BCUT2D eigenvalue weighted by Crippen LogP contribution is 2.65. The van der Waals surface area contributed by atoms with Crippen molar-refractivity contribution in [1.29, 1.82) is 0 Å². The quantitative estimate of drug-likeness (QED) is 0.700. The fourth-order valence-electron chi connectivity index (χ4n) is 7.63. The van der Waals surface area contributed by atoms with E-state index in [0.717, 1.165) is 25.7 Å². The van der Waals surface area contributed by atoms with Gasteiger partial charge in [0.1, 0.15) is 0 Å². The maximum Gasteiger partial charge on any atom is 0.0757 e. The monoisotopic (exact) mass is 357 g/mol. The number of rotatable bonds is 1. The van der Waals surface area contributed by atoms with E-state index in [9.17, 15) is 10.2 Å². The number of likely N-dealkylation sites (tertiary alicyclic amines) is 1. The van der Waals surface area contributed by atoms with Gasteiger partial charge in [0.05, 0.1) is 12.2 Å². The van der Waals surface area contributed by atoms with Gasteiger partial charge in [-0.3, -0.25) is 0 Å². The predicted molar refractivity (Wildman–Crippen MR) is 103 cm³/mol. The molecule has 0 spiro atoms. The van der Waals surface area contributed by atoms with Gasteiger partial charge in [-0.2, -0.15) is 0 Å². The smallest absolute Gasteiger partial charge is 0.0757 e. The molecular formula is C23H35NO2. The largest absolute Gasteiger partial charge is 0.393 e. The average molecular weight is 358 g/mol. The molecule has 4 aliphatic carbocycles. The molecule has 3 nitrogen and oxygen atoms in total. The molecule has 0 radical (unpaired) electrons. The van der Waals surface area contributed by atoms with Gasteiger partial charge < -0.3 is 15.1 Å². The Balaban J connectivity index is 1.48. The Morgan fingerprint density at radius 1 is 1.00 bits per heavy atom. The molecule has 1 saturated heterocycles. The topological polar surface area (TPSA) is 43.7 Å². The minimum Gasteiger partial charge on any atom is -0.393 e. The van der Waals surface area contributed by atoms with Crippen molar-refractivity contribution >= 4 is 0 Å². The summed E-state index contributed by atoms with van der Waals surface area (Å²) in [6.07, 6.45) is 13.2. The molecule has 2 unspecified atom stereocenters. The van der Waals surface area contributed by atoms with Gasteiger partial charge in [-0.15, -0.1) is 0 Å². The third-order valence-corrected chi connectivity index (χ3v) is 9.09. The third kappa shape index (κ3) is 2.26. The minimum atomic E-state index is -0.329. The number of nitrogens with zero attached hydrogens (tertiary/aromatic N) is 1. The molecule has 5 aliphatic rings. The number of allylic oxidation sites excluding steroid dienone is 2. The molecule has 7 atom stereocenters. The van der Waals surface area contributed by atoms with Gasteiger partial charge in [0.2, 0.25) is 0 Å². The predicted octanol–water partition coefficient (Wildman–Crippen LogP) is 3.87. The Bertz CT molecular complexity index is 649. The van der Waals surface area contributed by atoms with Gasteiger partial charge in [0.25, 0.3) is 0 Å². The van der Waals surface area contributed by atoms with Crippen LogP contribution in [0, 0.1) is 28.6 Å². The Kier molecular flexibility index (Phi) is 3.89. The molecule has 0 aromatic rings. The Labute approximate surface area is 158 Å². The lowest BCUT2D eigenvalue weighted by atomic mass is 9.47. The maximum atomic E-state index is 11.2. The van der Waals surface area contributed by atoms with Crippen LogP contribution < -0.4 is 0 Å². The molecule has 3 fully saturated rings. The Hall–Kier alpha value is -0.800. The Morgan fingerprint density at radius 2 is 1.73 bits per heavy atom. The van der Waals surface area contributed by atoms with Gasteiger partial charge in [-0.05, 0) is 74.5 Å². The standard InChI is InChI=1S/C23H35NO2/c1-22-9-7-16(25)13-15(22)14-19(26)21-17-5-6-20(24-11-3-4-12-24)23(17,2)10-8-18(21)22/h6,14,16-19,21,25-26H,3-5,7-13H2,1-2H3/t16?,17-,18+,19?,21-,22-,23-/m0/s1. The van der Waals surface area contributed by atoms with Crippen LogP contribution in [0.15, 0.2) is 23.4 Å². The average Bonchev–Trinajstić information content (AvgIpc) is 3.23. The number of aliphatic hydroxyl groups excluding tert-OH is 2. The van der Waals surface area contributed by atoms with E-state index in [1.54, 1.807) is 5.70 Å². The summed E-state index contributed by atoms with van der Waals surface area (Å²) in [5.74, 6) is 1.54. The second-order valence-corrected chi connectivity index (χ2v) is 10.3. The summed E-state index contributed by atoms with van der Waals surface area (Å²) >= 11 is 0. The molecule has 0 aromatic heterocycles. The molecule has 144 valence electrons. The highest BCUT2D eigenvalue weighted by atomic mass is 16.3. The van der Waals surface area contributed by atoms with Crippen LogP contribution in [0.3, 0.4) is 0 Å². The van der Waals surface area contributed by atoms with Crippen LogP contribution in [0.1, 0.15) is 65.2 Å². The summed E-state index contributed by atoms with van der Waals surface area (Å²) < 4.78 is 0. The maximum absolute atomic E-state index is 11.2. The van der Waals surface area contributed by atoms with E-state index in [1.165, 1.54) is 44.3 Å². The summed E-state index contributed by atoms with van der Waals surface area (Å²) in [5, 5.41) is 21.3. The van der Waals surface area contributed by atoms with Crippen LogP contribution in [0.5, 0.6) is 0 Å². The lowest BCUT2D eigenvalue weighted by Crippen LogP contribution is -2.55. The molecule has 0 amide bonds. The van der Waals surface area contributed by atoms with Crippen molar-refractivity contribution < 1.29 is 10.2 Å². The van der Waals surface area contributed by atoms with E-state index in [-0.39, 0.29) is 23.0 Å². The van der Waals surface area contributed by atoms with Crippen molar-refractivity contribution in [3.8, 4) is 0 Å². The van der Waals surface area contributed by atoms with Gasteiger partial charge in [-0.25, -0.2) is 0 Å². The van der Waals surface area contributed by atoms with E-state index in [0.29, 0.717) is 17.8 Å². The first-order chi connectivity index (χ1) is 12.4. The zero-order valence-electron chi connectivity index (χ0n) is 16.5. The molecule has 0 aromatic carbocycles. The van der Waals surface area contributed by atoms with E-state index < -0.39 is 0 Å². The molecule has 1 aliphatic heterocycles. The molecule has 1 heterocycles. The Morgan fingerprint density at radius 3 is 2.50 bits per heavy atom. The first-order valence-corrected chi connectivity index (χ1v) is 11.0. The van der Waals surface area contributed by atoms with Crippen molar-refractivity contribution in [2.75, 3.05) is 13.1 Å². The first kappa shape index (κ1) is 17.3. The summed E-state index contributed by atoms with van der Waals surface area (Å²) in [4.78, 5) is 2.65. The van der Waals surface area contributed by atoms with Crippen molar-refractivity contribution in [3.05, 3.63) is 23.4 Å². The van der Waals surface area contributed by atoms with E-state index >= 15 is 0 Å². The number of hydrogen-bond donors (Lipinski definition) is 2. The van der Waals surface area contributed by atoms with Crippen LogP contribution in [-0.2, 0) is 0 Å². The summed E-state index contributed by atoms with van der Waals surface area (Å²) in [5.41, 5.74) is 3.40. The normalized spacial score (nSPS) is 50.6. The van der Waals surface area contributed by atoms with Crippen LogP contribution in [0.25, 0.3) is 0 Å². The summed E-state index contributed by atoms with van der Waals surface area (Å²) in [6.45, 7) is 7.37. The van der Waals surface area contributed by atoms with E-state index in [4.69, 9.17) is 0 Å². The third-order valence-electron chi connectivity index (χ3n) is 9.09. The highest BCUT2D eigenvalue weighted by molar-refractivity contribution is 5.31. The van der Waals surface area contributed by atoms with Crippen LogP contribution in [-0.4, -0.2) is 40.4 Å². The number of hydrogen-bond acceptors (Lipinski definition) is 3. The highest BCUT2D eigenvalue weighted by Gasteiger charge is 2.59. The molecule has 5 rings (SSSR count). The molecule has 26 heavy (non-hydrogen) atoms. The van der Waals surface area contributed by atoms with Crippen LogP contribution in [0.2, 0.25) is 0 Å².